The highest BCUT2D eigenvalue weighted by Gasteiger charge is 2.13. The molecule has 94 valence electrons. The molecule has 0 aliphatic rings. The van der Waals surface area contributed by atoms with Crippen LogP contribution in [0.3, 0.4) is 0 Å². The van der Waals surface area contributed by atoms with Gasteiger partial charge in [0.05, 0.1) is 5.02 Å². The second kappa shape index (κ2) is 5.70. The van der Waals surface area contributed by atoms with Gasteiger partial charge in [0.1, 0.15) is 5.82 Å². The van der Waals surface area contributed by atoms with Gasteiger partial charge >= 0.3 is 0 Å². The highest BCUT2D eigenvalue weighted by Crippen LogP contribution is 2.27. The molecular weight excluding hydrogens is 272 g/mol. The molecular formula is C14H12Cl2FN. The molecule has 0 aromatic heterocycles. The zero-order chi connectivity index (χ0) is 13.1. The maximum absolute atomic E-state index is 13.3. The SMILES string of the molecule is NC(Cc1cccc(F)c1Cl)c1ccccc1Cl. The minimum Gasteiger partial charge on any atom is -0.324 e. The van der Waals surface area contributed by atoms with Crippen molar-refractivity contribution in [3.05, 3.63) is 69.5 Å². The lowest BCUT2D eigenvalue weighted by atomic mass is 9.99. The van der Waals surface area contributed by atoms with Crippen LogP contribution in [0, 0.1) is 5.82 Å². The molecule has 0 heterocycles. The average Bonchev–Trinajstić information content (AvgIpc) is 2.35. The van der Waals surface area contributed by atoms with Crippen LogP contribution in [0.25, 0.3) is 0 Å². The van der Waals surface area contributed by atoms with E-state index in [1.54, 1.807) is 18.2 Å². The summed E-state index contributed by atoms with van der Waals surface area (Å²) in [5.74, 6) is -0.430. The third-order valence-corrected chi connectivity index (χ3v) is 3.54. The quantitative estimate of drug-likeness (QED) is 0.889. The van der Waals surface area contributed by atoms with Crippen molar-refractivity contribution in [2.45, 2.75) is 12.5 Å². The number of hydrogen-bond acceptors (Lipinski definition) is 1. The maximum Gasteiger partial charge on any atom is 0.142 e. The first-order chi connectivity index (χ1) is 8.59. The third-order valence-electron chi connectivity index (χ3n) is 2.78. The Morgan fingerprint density at radius 3 is 2.50 bits per heavy atom. The monoisotopic (exact) mass is 283 g/mol. The van der Waals surface area contributed by atoms with Crippen molar-refractivity contribution in [3.8, 4) is 0 Å². The standard InChI is InChI=1S/C14H12Cl2FN/c15-11-6-2-1-5-10(11)13(18)8-9-4-3-7-12(17)14(9)16/h1-7,13H,8,18H2. The van der Waals surface area contributed by atoms with E-state index in [2.05, 4.69) is 0 Å². The Labute approximate surface area is 115 Å². The Balaban J connectivity index is 2.24. The first-order valence-electron chi connectivity index (χ1n) is 5.52. The van der Waals surface area contributed by atoms with Gasteiger partial charge in [-0.05, 0) is 29.7 Å². The average molecular weight is 284 g/mol. The summed E-state index contributed by atoms with van der Waals surface area (Å²) in [6.45, 7) is 0. The van der Waals surface area contributed by atoms with E-state index in [1.807, 2.05) is 18.2 Å². The summed E-state index contributed by atoms with van der Waals surface area (Å²) in [6, 6.07) is 11.8. The molecule has 1 unspecified atom stereocenters. The summed E-state index contributed by atoms with van der Waals surface area (Å²) in [4.78, 5) is 0. The van der Waals surface area contributed by atoms with Crippen LogP contribution in [-0.4, -0.2) is 0 Å². The molecule has 1 atom stereocenters. The predicted molar refractivity (Wildman–Crippen MR) is 73.5 cm³/mol. The van der Waals surface area contributed by atoms with Crippen LogP contribution in [0.1, 0.15) is 17.2 Å². The molecule has 0 saturated carbocycles. The highest BCUT2D eigenvalue weighted by atomic mass is 35.5. The third kappa shape index (κ3) is 2.83. The van der Waals surface area contributed by atoms with Crippen molar-refractivity contribution < 1.29 is 4.39 Å². The molecule has 0 spiro atoms. The Kier molecular flexibility index (Phi) is 4.23. The van der Waals surface area contributed by atoms with Gasteiger partial charge in [-0.3, -0.25) is 0 Å². The van der Waals surface area contributed by atoms with Crippen molar-refractivity contribution >= 4 is 23.2 Å². The van der Waals surface area contributed by atoms with Crippen molar-refractivity contribution in [3.63, 3.8) is 0 Å². The lowest BCUT2D eigenvalue weighted by Gasteiger charge is -2.14. The molecule has 2 rings (SSSR count). The smallest absolute Gasteiger partial charge is 0.142 e. The molecule has 4 heteroatoms. The normalized spacial score (nSPS) is 12.4. The fraction of sp³-hybridized carbons (Fsp3) is 0.143. The van der Waals surface area contributed by atoms with Crippen molar-refractivity contribution in [1.29, 1.82) is 0 Å². The lowest BCUT2D eigenvalue weighted by molar-refractivity contribution is 0.622. The van der Waals surface area contributed by atoms with E-state index in [0.717, 1.165) is 5.56 Å². The van der Waals surface area contributed by atoms with Gasteiger partial charge in [-0.2, -0.15) is 0 Å². The number of nitrogens with two attached hydrogens (primary N) is 1. The van der Waals surface area contributed by atoms with Gasteiger partial charge < -0.3 is 5.73 Å². The fourth-order valence-corrected chi connectivity index (χ4v) is 2.31. The minimum atomic E-state index is -0.430. The highest BCUT2D eigenvalue weighted by molar-refractivity contribution is 6.31. The zero-order valence-corrected chi connectivity index (χ0v) is 11.0. The van der Waals surface area contributed by atoms with Gasteiger partial charge in [-0.1, -0.05) is 53.5 Å². The van der Waals surface area contributed by atoms with E-state index >= 15 is 0 Å². The van der Waals surface area contributed by atoms with Crippen LogP contribution >= 0.6 is 23.2 Å². The van der Waals surface area contributed by atoms with Crippen LogP contribution in [0.15, 0.2) is 42.5 Å². The number of halogens is 3. The molecule has 2 N–H and O–H groups in total. The molecule has 0 bridgehead atoms. The predicted octanol–water partition coefficient (Wildman–Crippen LogP) is 4.38. The number of rotatable bonds is 3. The Morgan fingerprint density at radius 1 is 1.06 bits per heavy atom. The molecule has 0 fully saturated rings. The van der Waals surface area contributed by atoms with E-state index in [1.165, 1.54) is 6.07 Å². The molecule has 18 heavy (non-hydrogen) atoms. The zero-order valence-electron chi connectivity index (χ0n) is 9.54. The molecule has 0 aliphatic heterocycles. The van der Waals surface area contributed by atoms with E-state index in [-0.39, 0.29) is 11.1 Å². The lowest BCUT2D eigenvalue weighted by Crippen LogP contribution is -2.14. The molecule has 1 nitrogen and oxygen atoms in total. The first-order valence-corrected chi connectivity index (χ1v) is 6.28. The Hall–Kier alpha value is -1.09. The van der Waals surface area contributed by atoms with Gasteiger partial charge in [0, 0.05) is 11.1 Å². The Morgan fingerprint density at radius 2 is 1.78 bits per heavy atom. The second-order valence-electron chi connectivity index (χ2n) is 4.05. The van der Waals surface area contributed by atoms with Crippen LogP contribution in [-0.2, 0) is 6.42 Å². The number of hydrogen-bond donors (Lipinski definition) is 1. The van der Waals surface area contributed by atoms with Gasteiger partial charge in [0.25, 0.3) is 0 Å². The number of benzene rings is 2. The fourth-order valence-electron chi connectivity index (χ4n) is 1.83. The first kappa shape index (κ1) is 13.3. The van der Waals surface area contributed by atoms with Gasteiger partial charge in [0.15, 0.2) is 0 Å². The summed E-state index contributed by atoms with van der Waals surface area (Å²) in [7, 11) is 0. The van der Waals surface area contributed by atoms with Crippen LogP contribution in [0.2, 0.25) is 10.0 Å². The van der Waals surface area contributed by atoms with E-state index in [0.29, 0.717) is 17.0 Å². The van der Waals surface area contributed by atoms with Crippen molar-refractivity contribution in [2.24, 2.45) is 5.73 Å². The second-order valence-corrected chi connectivity index (χ2v) is 4.83. The van der Waals surface area contributed by atoms with Crippen LogP contribution < -0.4 is 5.73 Å². The van der Waals surface area contributed by atoms with Gasteiger partial charge in [0.2, 0.25) is 0 Å². The molecule has 0 radical (unpaired) electrons. The molecule has 0 saturated heterocycles. The summed E-state index contributed by atoms with van der Waals surface area (Å²) in [6.07, 6.45) is 0.445. The largest absolute Gasteiger partial charge is 0.324 e. The summed E-state index contributed by atoms with van der Waals surface area (Å²) < 4.78 is 13.3. The van der Waals surface area contributed by atoms with E-state index < -0.39 is 5.82 Å². The molecule has 2 aromatic carbocycles. The van der Waals surface area contributed by atoms with Crippen molar-refractivity contribution in [2.75, 3.05) is 0 Å². The molecule has 0 aliphatic carbocycles. The van der Waals surface area contributed by atoms with Crippen LogP contribution in [0.4, 0.5) is 4.39 Å². The summed E-state index contributed by atoms with van der Waals surface area (Å²) in [5, 5.41) is 0.734. The summed E-state index contributed by atoms with van der Waals surface area (Å²) >= 11 is 12.0. The Bertz CT molecular complexity index is 557. The van der Waals surface area contributed by atoms with Gasteiger partial charge in [-0.25, -0.2) is 4.39 Å². The molecule has 0 amide bonds. The summed E-state index contributed by atoms with van der Waals surface area (Å²) in [5.41, 5.74) is 7.60. The topological polar surface area (TPSA) is 26.0 Å². The minimum absolute atomic E-state index is 0.125. The van der Waals surface area contributed by atoms with E-state index in [9.17, 15) is 4.39 Å². The van der Waals surface area contributed by atoms with Crippen LogP contribution in [0.5, 0.6) is 0 Å². The molecule has 2 aromatic rings. The van der Waals surface area contributed by atoms with E-state index in [4.69, 9.17) is 28.9 Å². The van der Waals surface area contributed by atoms with Crippen molar-refractivity contribution in [1.82, 2.24) is 0 Å². The maximum atomic E-state index is 13.3. The van der Waals surface area contributed by atoms with Gasteiger partial charge in [-0.15, -0.1) is 0 Å².